The van der Waals surface area contributed by atoms with E-state index in [2.05, 4.69) is 6.07 Å². The second-order valence-corrected chi connectivity index (χ2v) is 5.12. The van der Waals surface area contributed by atoms with Crippen LogP contribution in [0.4, 0.5) is 0 Å². The Labute approximate surface area is 114 Å². The van der Waals surface area contributed by atoms with Gasteiger partial charge < -0.3 is 15.4 Å². The lowest BCUT2D eigenvalue weighted by Crippen LogP contribution is -2.48. The van der Waals surface area contributed by atoms with Crippen LogP contribution < -0.4 is 10.5 Å². The predicted octanol–water partition coefficient (Wildman–Crippen LogP) is 1.75. The maximum absolute atomic E-state index is 11.9. The molecule has 0 bridgehead atoms. The van der Waals surface area contributed by atoms with E-state index in [1.54, 1.807) is 7.11 Å². The van der Waals surface area contributed by atoms with E-state index >= 15 is 0 Å². The number of rotatable bonds is 3. The lowest BCUT2D eigenvalue weighted by Gasteiger charge is -2.36. The van der Waals surface area contributed by atoms with E-state index in [-0.39, 0.29) is 11.9 Å². The number of ether oxygens (including phenoxy) is 1. The fourth-order valence-corrected chi connectivity index (χ4v) is 2.70. The van der Waals surface area contributed by atoms with E-state index in [0.29, 0.717) is 18.9 Å². The van der Waals surface area contributed by atoms with Crippen LogP contribution in [0.1, 0.15) is 31.2 Å². The zero-order chi connectivity index (χ0) is 13.8. The van der Waals surface area contributed by atoms with Crippen LogP contribution in [-0.4, -0.2) is 37.0 Å². The van der Waals surface area contributed by atoms with Gasteiger partial charge in [0.25, 0.3) is 0 Å². The average molecular weight is 262 g/mol. The number of carbonyl (C=O) groups excluding carboxylic acids is 1. The zero-order valence-corrected chi connectivity index (χ0v) is 11.6. The molecule has 4 heteroatoms. The Morgan fingerprint density at radius 3 is 2.95 bits per heavy atom. The van der Waals surface area contributed by atoms with Crippen molar-refractivity contribution in [1.82, 2.24) is 4.90 Å². The molecule has 19 heavy (non-hydrogen) atoms. The molecule has 2 unspecified atom stereocenters. The van der Waals surface area contributed by atoms with Crippen molar-refractivity contribution >= 4 is 5.91 Å². The van der Waals surface area contributed by atoms with E-state index in [4.69, 9.17) is 10.5 Å². The summed E-state index contributed by atoms with van der Waals surface area (Å²) in [5.74, 6) is 1.34. The maximum Gasteiger partial charge on any atom is 0.222 e. The van der Waals surface area contributed by atoms with Crippen LogP contribution in [0.2, 0.25) is 0 Å². The van der Waals surface area contributed by atoms with Gasteiger partial charge in [0.1, 0.15) is 5.75 Å². The molecule has 1 saturated heterocycles. The van der Waals surface area contributed by atoms with Crippen LogP contribution in [0.5, 0.6) is 5.75 Å². The Morgan fingerprint density at radius 1 is 1.47 bits per heavy atom. The van der Waals surface area contributed by atoms with Gasteiger partial charge in [0.05, 0.1) is 7.11 Å². The number of benzene rings is 1. The van der Waals surface area contributed by atoms with E-state index in [9.17, 15) is 4.79 Å². The van der Waals surface area contributed by atoms with Crippen LogP contribution in [0.3, 0.4) is 0 Å². The van der Waals surface area contributed by atoms with Gasteiger partial charge in [0.2, 0.25) is 5.91 Å². The molecular formula is C15H22N2O2. The van der Waals surface area contributed by atoms with E-state index < -0.39 is 0 Å². The summed E-state index contributed by atoms with van der Waals surface area (Å²) in [6.45, 7) is 3.32. The van der Waals surface area contributed by atoms with Crippen LogP contribution in [0.15, 0.2) is 24.3 Å². The van der Waals surface area contributed by atoms with E-state index in [1.165, 1.54) is 5.56 Å². The van der Waals surface area contributed by atoms with Gasteiger partial charge in [-0.15, -0.1) is 0 Å². The summed E-state index contributed by atoms with van der Waals surface area (Å²) in [5.41, 5.74) is 7.29. The Balaban J connectivity index is 2.16. The molecule has 2 rings (SSSR count). The van der Waals surface area contributed by atoms with Crippen molar-refractivity contribution in [2.24, 2.45) is 5.73 Å². The highest BCUT2D eigenvalue weighted by atomic mass is 16.5. The van der Waals surface area contributed by atoms with Crippen molar-refractivity contribution in [1.29, 1.82) is 0 Å². The second kappa shape index (κ2) is 6.06. The van der Waals surface area contributed by atoms with Crippen molar-refractivity contribution < 1.29 is 9.53 Å². The lowest BCUT2D eigenvalue weighted by atomic mass is 9.88. The summed E-state index contributed by atoms with van der Waals surface area (Å²) in [6.07, 6.45) is 1.46. The summed E-state index contributed by atoms with van der Waals surface area (Å²) in [5, 5.41) is 0. The normalized spacial score (nSPS) is 23.2. The minimum absolute atomic E-state index is 0.0560. The van der Waals surface area contributed by atoms with Gasteiger partial charge in [0.15, 0.2) is 0 Å². The number of nitrogens with zero attached hydrogens (tertiary/aromatic N) is 1. The van der Waals surface area contributed by atoms with Gasteiger partial charge in [-0.3, -0.25) is 4.79 Å². The van der Waals surface area contributed by atoms with E-state index in [0.717, 1.165) is 18.7 Å². The highest BCUT2D eigenvalue weighted by Gasteiger charge is 2.28. The van der Waals surface area contributed by atoms with Gasteiger partial charge in [-0.05, 0) is 24.1 Å². The number of likely N-dealkylation sites (tertiary alicyclic amines) is 1. The fraction of sp³-hybridized carbons (Fsp3) is 0.533. The Bertz CT molecular complexity index is 448. The summed E-state index contributed by atoms with van der Waals surface area (Å²) in [6, 6.07) is 8.10. The van der Waals surface area contributed by atoms with Crippen molar-refractivity contribution in [2.75, 3.05) is 20.2 Å². The molecule has 0 saturated carbocycles. The molecule has 1 aliphatic heterocycles. The number of methoxy groups -OCH3 is 1. The minimum Gasteiger partial charge on any atom is -0.497 e. The third kappa shape index (κ3) is 3.26. The third-order valence-corrected chi connectivity index (χ3v) is 3.70. The molecule has 1 aromatic carbocycles. The lowest BCUT2D eigenvalue weighted by molar-refractivity contribution is -0.132. The molecule has 1 amide bonds. The monoisotopic (exact) mass is 262 g/mol. The maximum atomic E-state index is 11.9. The molecule has 0 spiro atoms. The summed E-state index contributed by atoms with van der Waals surface area (Å²) in [4.78, 5) is 13.7. The third-order valence-electron chi connectivity index (χ3n) is 3.70. The number of piperidine rings is 1. The Morgan fingerprint density at radius 2 is 2.26 bits per heavy atom. The van der Waals surface area contributed by atoms with Gasteiger partial charge >= 0.3 is 0 Å². The van der Waals surface area contributed by atoms with Crippen LogP contribution in [0, 0.1) is 0 Å². The van der Waals surface area contributed by atoms with Crippen LogP contribution in [-0.2, 0) is 4.79 Å². The molecule has 1 aliphatic rings. The number of nitrogens with two attached hydrogens (primary N) is 1. The second-order valence-electron chi connectivity index (χ2n) is 5.12. The first-order chi connectivity index (χ1) is 9.13. The smallest absolute Gasteiger partial charge is 0.222 e. The first-order valence-corrected chi connectivity index (χ1v) is 6.81. The van der Waals surface area contributed by atoms with Crippen LogP contribution in [0.25, 0.3) is 0 Å². The zero-order valence-electron chi connectivity index (χ0n) is 11.6. The number of hydrogen-bond acceptors (Lipinski definition) is 3. The summed E-state index contributed by atoms with van der Waals surface area (Å²) >= 11 is 0. The van der Waals surface area contributed by atoms with Crippen molar-refractivity contribution in [2.45, 2.75) is 31.7 Å². The molecule has 104 valence electrons. The minimum atomic E-state index is 0.0560. The molecule has 1 aromatic rings. The van der Waals surface area contributed by atoms with E-state index in [1.807, 2.05) is 30.0 Å². The van der Waals surface area contributed by atoms with Crippen molar-refractivity contribution in [3.63, 3.8) is 0 Å². The topological polar surface area (TPSA) is 55.6 Å². The summed E-state index contributed by atoms with van der Waals surface area (Å²) in [7, 11) is 1.67. The quantitative estimate of drug-likeness (QED) is 0.903. The molecule has 1 heterocycles. The number of hydrogen-bond donors (Lipinski definition) is 1. The average Bonchev–Trinajstić information content (AvgIpc) is 2.45. The molecule has 0 aliphatic carbocycles. The molecule has 4 nitrogen and oxygen atoms in total. The first kappa shape index (κ1) is 13.9. The number of carbonyl (C=O) groups is 1. The van der Waals surface area contributed by atoms with Gasteiger partial charge in [0, 0.05) is 31.5 Å². The molecule has 2 N–H and O–H groups in total. The first-order valence-electron chi connectivity index (χ1n) is 6.81. The largest absolute Gasteiger partial charge is 0.497 e. The molecule has 2 atom stereocenters. The van der Waals surface area contributed by atoms with Gasteiger partial charge in [-0.1, -0.05) is 19.1 Å². The highest BCUT2D eigenvalue weighted by Crippen LogP contribution is 2.28. The summed E-state index contributed by atoms with van der Waals surface area (Å²) < 4.78 is 5.26. The Hall–Kier alpha value is -1.55. The number of amides is 1. The molecule has 1 fully saturated rings. The predicted molar refractivity (Wildman–Crippen MR) is 75.2 cm³/mol. The van der Waals surface area contributed by atoms with Gasteiger partial charge in [-0.25, -0.2) is 0 Å². The SMILES string of the molecule is CCC(=O)N1CC(N)CC(c2cccc(OC)c2)C1. The highest BCUT2D eigenvalue weighted by molar-refractivity contribution is 5.76. The molecular weight excluding hydrogens is 240 g/mol. The van der Waals surface area contributed by atoms with Crippen molar-refractivity contribution in [3.05, 3.63) is 29.8 Å². The Kier molecular flexibility index (Phi) is 4.43. The fourth-order valence-electron chi connectivity index (χ4n) is 2.70. The van der Waals surface area contributed by atoms with Gasteiger partial charge in [-0.2, -0.15) is 0 Å². The molecule has 0 radical (unpaired) electrons. The standard InChI is InChI=1S/C15H22N2O2/c1-3-15(18)17-9-12(7-13(16)10-17)11-5-4-6-14(8-11)19-2/h4-6,8,12-13H,3,7,9-10,16H2,1-2H3. The van der Waals surface area contributed by atoms with Crippen molar-refractivity contribution in [3.8, 4) is 5.75 Å². The van der Waals surface area contributed by atoms with Crippen LogP contribution >= 0.6 is 0 Å². The molecule has 0 aromatic heterocycles.